The van der Waals surface area contributed by atoms with E-state index in [9.17, 15) is 0 Å². The Labute approximate surface area is 135 Å². The maximum absolute atomic E-state index is 5.38. The van der Waals surface area contributed by atoms with Crippen LogP contribution in [0, 0.1) is 6.92 Å². The Hall–Kier alpha value is -1.27. The van der Waals surface area contributed by atoms with Gasteiger partial charge in [-0.3, -0.25) is 0 Å². The number of thiazole rings is 1. The number of rotatable bonds is 6. The zero-order chi connectivity index (χ0) is 15.4. The molecule has 2 aromatic heterocycles. The Kier molecular flexibility index (Phi) is 5.20. The molecule has 1 fully saturated rings. The van der Waals surface area contributed by atoms with Crippen molar-refractivity contribution in [1.82, 2.24) is 20.4 Å². The van der Waals surface area contributed by atoms with E-state index < -0.39 is 0 Å². The lowest BCUT2D eigenvalue weighted by atomic mass is 9.86. The Bertz CT molecular complexity index is 586. The summed E-state index contributed by atoms with van der Waals surface area (Å²) < 4.78 is 5.38. The van der Waals surface area contributed by atoms with E-state index in [1.807, 2.05) is 0 Å². The monoisotopic (exact) mass is 320 g/mol. The summed E-state index contributed by atoms with van der Waals surface area (Å²) in [4.78, 5) is 8.98. The molecule has 0 radical (unpaired) electrons. The third kappa shape index (κ3) is 3.93. The van der Waals surface area contributed by atoms with Crippen LogP contribution in [0.3, 0.4) is 0 Å². The molecule has 0 aliphatic heterocycles. The van der Waals surface area contributed by atoms with E-state index >= 15 is 0 Å². The molecule has 1 N–H and O–H groups in total. The van der Waals surface area contributed by atoms with Crippen LogP contribution in [-0.2, 0) is 12.8 Å². The van der Waals surface area contributed by atoms with Crippen LogP contribution in [0.4, 0.5) is 0 Å². The third-order valence-corrected chi connectivity index (χ3v) is 5.18. The van der Waals surface area contributed by atoms with Crippen LogP contribution in [0.1, 0.15) is 60.9 Å². The SMILES string of the molecule is CCc1noc(C2CCC(NCCc3csc(C)n3)CC2)n1. The molecule has 0 atom stereocenters. The van der Waals surface area contributed by atoms with E-state index in [2.05, 4.69) is 39.7 Å². The van der Waals surface area contributed by atoms with Crippen LogP contribution in [0.25, 0.3) is 0 Å². The first-order valence-electron chi connectivity index (χ1n) is 8.21. The number of aromatic nitrogens is 3. The maximum Gasteiger partial charge on any atom is 0.229 e. The Morgan fingerprint density at radius 2 is 2.09 bits per heavy atom. The van der Waals surface area contributed by atoms with Gasteiger partial charge in [0, 0.05) is 36.7 Å². The van der Waals surface area contributed by atoms with Crippen molar-refractivity contribution < 1.29 is 4.52 Å². The van der Waals surface area contributed by atoms with E-state index in [0.717, 1.165) is 49.0 Å². The predicted molar refractivity (Wildman–Crippen MR) is 87.2 cm³/mol. The lowest BCUT2D eigenvalue weighted by Gasteiger charge is -2.27. The number of nitrogens with zero attached hydrogens (tertiary/aromatic N) is 3. The Morgan fingerprint density at radius 3 is 2.73 bits per heavy atom. The summed E-state index contributed by atoms with van der Waals surface area (Å²) in [5.41, 5.74) is 1.21. The first-order valence-corrected chi connectivity index (χ1v) is 9.09. The number of hydrogen-bond acceptors (Lipinski definition) is 6. The molecule has 1 aliphatic rings. The van der Waals surface area contributed by atoms with E-state index in [4.69, 9.17) is 4.52 Å². The lowest BCUT2D eigenvalue weighted by molar-refractivity contribution is 0.282. The number of nitrogens with one attached hydrogen (secondary N) is 1. The van der Waals surface area contributed by atoms with Gasteiger partial charge in [-0.25, -0.2) is 4.98 Å². The molecular formula is C16H24N4OS. The van der Waals surface area contributed by atoms with Gasteiger partial charge < -0.3 is 9.84 Å². The normalized spacial score (nSPS) is 22.1. The largest absolute Gasteiger partial charge is 0.339 e. The summed E-state index contributed by atoms with van der Waals surface area (Å²) in [6.07, 6.45) is 6.51. The highest BCUT2D eigenvalue weighted by molar-refractivity contribution is 7.09. The molecule has 0 unspecified atom stereocenters. The second-order valence-corrected chi connectivity index (χ2v) is 7.08. The molecule has 0 amide bonds. The van der Waals surface area contributed by atoms with Crippen LogP contribution < -0.4 is 5.32 Å². The van der Waals surface area contributed by atoms with Crippen molar-refractivity contribution in [2.24, 2.45) is 0 Å². The molecule has 6 heteroatoms. The van der Waals surface area contributed by atoms with Crippen molar-refractivity contribution in [1.29, 1.82) is 0 Å². The van der Waals surface area contributed by atoms with Crippen LogP contribution in [0.5, 0.6) is 0 Å². The zero-order valence-electron chi connectivity index (χ0n) is 13.3. The molecule has 0 bridgehead atoms. The second-order valence-electron chi connectivity index (χ2n) is 6.01. The average molecular weight is 320 g/mol. The van der Waals surface area contributed by atoms with Crippen LogP contribution >= 0.6 is 11.3 Å². The summed E-state index contributed by atoms with van der Waals surface area (Å²) in [6.45, 7) is 5.13. The van der Waals surface area contributed by atoms with Crippen molar-refractivity contribution in [2.75, 3.05) is 6.54 Å². The van der Waals surface area contributed by atoms with Gasteiger partial charge in [0.05, 0.1) is 10.7 Å². The van der Waals surface area contributed by atoms with Crippen LogP contribution in [0.15, 0.2) is 9.90 Å². The fourth-order valence-electron chi connectivity index (χ4n) is 3.05. The molecule has 2 aromatic rings. The molecule has 2 heterocycles. The topological polar surface area (TPSA) is 63.8 Å². The van der Waals surface area contributed by atoms with E-state index in [-0.39, 0.29) is 0 Å². The quantitative estimate of drug-likeness (QED) is 0.885. The van der Waals surface area contributed by atoms with Crippen LogP contribution in [0.2, 0.25) is 0 Å². The molecule has 22 heavy (non-hydrogen) atoms. The van der Waals surface area contributed by atoms with Gasteiger partial charge in [-0.1, -0.05) is 12.1 Å². The fraction of sp³-hybridized carbons (Fsp3) is 0.688. The number of aryl methyl sites for hydroxylation is 2. The van der Waals surface area contributed by atoms with Crippen molar-refractivity contribution in [3.05, 3.63) is 27.8 Å². The van der Waals surface area contributed by atoms with E-state index in [1.165, 1.54) is 18.5 Å². The molecule has 0 spiro atoms. The highest BCUT2D eigenvalue weighted by Gasteiger charge is 2.25. The predicted octanol–water partition coefficient (Wildman–Crippen LogP) is 3.26. The van der Waals surface area contributed by atoms with Gasteiger partial charge in [0.25, 0.3) is 0 Å². The van der Waals surface area contributed by atoms with Crippen molar-refractivity contribution in [2.45, 2.75) is 64.3 Å². The molecule has 1 aliphatic carbocycles. The van der Waals surface area contributed by atoms with Gasteiger partial charge in [-0.2, -0.15) is 4.98 Å². The standard InChI is InChI=1S/C16H24N4OS/c1-3-15-19-16(21-20-15)12-4-6-13(7-5-12)17-9-8-14-10-22-11(2)18-14/h10,12-13,17H,3-9H2,1-2H3. The van der Waals surface area contributed by atoms with E-state index in [1.54, 1.807) is 11.3 Å². The smallest absolute Gasteiger partial charge is 0.229 e. The Balaban J connectivity index is 1.40. The summed E-state index contributed by atoms with van der Waals surface area (Å²) in [7, 11) is 0. The van der Waals surface area contributed by atoms with Gasteiger partial charge >= 0.3 is 0 Å². The first kappa shape index (κ1) is 15.6. The lowest BCUT2D eigenvalue weighted by Crippen LogP contribution is -2.34. The minimum absolute atomic E-state index is 0.451. The van der Waals surface area contributed by atoms with Crippen molar-refractivity contribution >= 4 is 11.3 Å². The Morgan fingerprint density at radius 1 is 1.27 bits per heavy atom. The highest BCUT2D eigenvalue weighted by Crippen LogP contribution is 2.31. The fourth-order valence-corrected chi connectivity index (χ4v) is 3.70. The van der Waals surface area contributed by atoms with Crippen LogP contribution in [-0.4, -0.2) is 27.7 Å². The summed E-state index contributed by atoms with van der Waals surface area (Å²) >= 11 is 1.73. The molecule has 120 valence electrons. The molecule has 5 nitrogen and oxygen atoms in total. The summed E-state index contributed by atoms with van der Waals surface area (Å²) in [5, 5.41) is 11.0. The van der Waals surface area contributed by atoms with Gasteiger partial charge in [0.1, 0.15) is 0 Å². The minimum Gasteiger partial charge on any atom is -0.339 e. The first-order chi connectivity index (χ1) is 10.7. The average Bonchev–Trinajstić information content (AvgIpc) is 3.17. The molecule has 1 saturated carbocycles. The zero-order valence-corrected chi connectivity index (χ0v) is 14.2. The number of hydrogen-bond donors (Lipinski definition) is 1. The molecule has 3 rings (SSSR count). The second kappa shape index (κ2) is 7.33. The van der Waals surface area contributed by atoms with Gasteiger partial charge in [0.15, 0.2) is 5.82 Å². The highest BCUT2D eigenvalue weighted by atomic mass is 32.1. The summed E-state index contributed by atoms with van der Waals surface area (Å²) in [5.74, 6) is 2.12. The van der Waals surface area contributed by atoms with Crippen molar-refractivity contribution in [3.63, 3.8) is 0 Å². The van der Waals surface area contributed by atoms with Gasteiger partial charge in [0.2, 0.25) is 5.89 Å². The van der Waals surface area contributed by atoms with Gasteiger partial charge in [-0.15, -0.1) is 11.3 Å². The third-order valence-electron chi connectivity index (χ3n) is 4.36. The summed E-state index contributed by atoms with van der Waals surface area (Å²) in [6, 6.07) is 0.615. The molecule has 0 saturated heterocycles. The molecule has 0 aromatic carbocycles. The maximum atomic E-state index is 5.38. The molecular weight excluding hydrogens is 296 g/mol. The van der Waals surface area contributed by atoms with Gasteiger partial charge in [-0.05, 0) is 32.6 Å². The minimum atomic E-state index is 0.451. The van der Waals surface area contributed by atoms with E-state index in [0.29, 0.717) is 12.0 Å². The van der Waals surface area contributed by atoms with Crippen molar-refractivity contribution in [3.8, 4) is 0 Å².